The number of fused-ring (bicyclic) bond motifs is 1. The number of ether oxygens (including phenoxy) is 2. The van der Waals surface area contributed by atoms with E-state index in [0.717, 1.165) is 0 Å². The number of hydrogen-bond donors (Lipinski definition) is 1. The molecule has 4 rings (SSSR count). The molecule has 45 heavy (non-hydrogen) atoms. The summed E-state index contributed by atoms with van der Waals surface area (Å²) in [5.74, 6) is -2.05. The molecule has 1 aromatic rings. The predicted molar refractivity (Wildman–Crippen MR) is 176 cm³/mol. The van der Waals surface area contributed by atoms with Gasteiger partial charge in [-0.05, 0) is 77.1 Å². The number of nitrogens with zero attached hydrogens (tertiary/aromatic N) is 3. The lowest BCUT2D eigenvalue weighted by molar-refractivity contribution is -0.159. The molecule has 9 nitrogen and oxygen atoms in total. The van der Waals surface area contributed by atoms with Crippen molar-refractivity contribution in [2.45, 2.75) is 97.1 Å². The molecule has 3 aliphatic heterocycles. The van der Waals surface area contributed by atoms with Crippen molar-refractivity contribution in [3.8, 4) is 5.75 Å². The first kappa shape index (κ1) is 34.7. The molecule has 0 saturated carbocycles. The Labute approximate surface area is 269 Å². The van der Waals surface area contributed by atoms with Crippen molar-refractivity contribution in [3.05, 3.63) is 49.6 Å². The van der Waals surface area contributed by atoms with Crippen LogP contribution in [-0.4, -0.2) is 87.8 Å². The maximum atomic E-state index is 14.9. The molecule has 3 fully saturated rings. The highest BCUT2D eigenvalue weighted by atomic mass is 16.5. The third-order valence-electron chi connectivity index (χ3n) is 10.5. The number of carbonyl (C=O) groups excluding carboxylic acids is 3. The van der Waals surface area contributed by atoms with E-state index < -0.39 is 40.7 Å². The molecule has 1 N–H and O–H groups in total. The first-order valence-corrected chi connectivity index (χ1v) is 16.4. The van der Waals surface area contributed by atoms with Crippen molar-refractivity contribution in [1.29, 1.82) is 0 Å². The van der Waals surface area contributed by atoms with Crippen LogP contribution in [0.15, 0.2) is 49.6 Å². The summed E-state index contributed by atoms with van der Waals surface area (Å²) >= 11 is 0. The number of likely N-dealkylation sites (tertiary alicyclic amines) is 1. The molecule has 3 amide bonds. The maximum Gasteiger partial charge on any atom is 0.249 e. The quantitative estimate of drug-likeness (QED) is 0.316. The zero-order valence-electron chi connectivity index (χ0n) is 28.4. The van der Waals surface area contributed by atoms with Crippen molar-refractivity contribution < 1.29 is 29.0 Å². The van der Waals surface area contributed by atoms with E-state index in [0.29, 0.717) is 30.9 Å². The molecule has 2 bridgehead atoms. The van der Waals surface area contributed by atoms with Crippen LogP contribution in [-0.2, 0) is 19.1 Å². The van der Waals surface area contributed by atoms with Gasteiger partial charge in [0.15, 0.2) is 0 Å². The average molecular weight is 624 g/mol. The Morgan fingerprint density at radius 3 is 2.29 bits per heavy atom. The van der Waals surface area contributed by atoms with E-state index in [9.17, 15) is 19.5 Å². The highest BCUT2D eigenvalue weighted by Gasteiger charge is 2.80. The molecule has 9 heteroatoms. The van der Waals surface area contributed by atoms with Gasteiger partial charge in [0.2, 0.25) is 17.7 Å². The van der Waals surface area contributed by atoms with Crippen LogP contribution in [0.4, 0.5) is 5.69 Å². The van der Waals surface area contributed by atoms with Crippen LogP contribution in [0.1, 0.15) is 68.2 Å². The summed E-state index contributed by atoms with van der Waals surface area (Å²) in [6.45, 7) is 24.3. The highest BCUT2D eigenvalue weighted by Crippen LogP contribution is 2.66. The number of benzene rings is 1. The predicted octanol–water partition coefficient (Wildman–Crippen LogP) is 4.84. The molecular formula is C36H53N3O6. The van der Waals surface area contributed by atoms with E-state index in [1.807, 2.05) is 79.7 Å². The summed E-state index contributed by atoms with van der Waals surface area (Å²) in [6, 6.07) is 5.69. The molecule has 0 aliphatic carbocycles. The van der Waals surface area contributed by atoms with Crippen LogP contribution in [0.3, 0.4) is 0 Å². The topological polar surface area (TPSA) is 99.6 Å². The smallest absolute Gasteiger partial charge is 0.249 e. The lowest BCUT2D eigenvalue weighted by Crippen LogP contribution is -2.62. The minimum atomic E-state index is -1.23. The minimum absolute atomic E-state index is 0.0903. The first-order valence-electron chi connectivity index (χ1n) is 16.4. The maximum absolute atomic E-state index is 14.9. The second kappa shape index (κ2) is 12.9. The molecule has 3 aliphatic rings. The number of carbonyl (C=O) groups is 3. The molecule has 3 heterocycles. The van der Waals surface area contributed by atoms with Crippen LogP contribution in [0, 0.1) is 23.7 Å². The van der Waals surface area contributed by atoms with Gasteiger partial charge in [0.1, 0.15) is 17.4 Å². The third-order valence-corrected chi connectivity index (χ3v) is 10.5. The first-order chi connectivity index (χ1) is 21.2. The van der Waals surface area contributed by atoms with E-state index in [1.54, 1.807) is 26.9 Å². The zero-order chi connectivity index (χ0) is 33.5. The Morgan fingerprint density at radius 1 is 1.16 bits per heavy atom. The van der Waals surface area contributed by atoms with Crippen molar-refractivity contribution in [3.63, 3.8) is 0 Å². The molecular weight excluding hydrogens is 570 g/mol. The number of amides is 3. The van der Waals surface area contributed by atoms with Crippen LogP contribution >= 0.6 is 0 Å². The lowest BCUT2D eigenvalue weighted by atomic mass is 9.62. The highest BCUT2D eigenvalue weighted by molar-refractivity contribution is 6.03. The summed E-state index contributed by atoms with van der Waals surface area (Å²) < 4.78 is 12.6. The van der Waals surface area contributed by atoms with E-state index >= 15 is 0 Å². The molecule has 1 spiro atoms. The number of aliphatic hydroxyl groups excluding tert-OH is 1. The molecule has 3 unspecified atom stereocenters. The summed E-state index contributed by atoms with van der Waals surface area (Å²) in [5, 5.41) is 10.7. The average Bonchev–Trinajstić information content (AvgIpc) is 3.51. The van der Waals surface area contributed by atoms with Gasteiger partial charge in [-0.1, -0.05) is 39.3 Å². The fraction of sp³-hybridized carbons (Fsp3) is 0.639. The summed E-state index contributed by atoms with van der Waals surface area (Å²) in [6.07, 6.45) is 4.50. The van der Waals surface area contributed by atoms with Gasteiger partial charge in [-0.3, -0.25) is 14.4 Å². The van der Waals surface area contributed by atoms with Gasteiger partial charge in [0, 0.05) is 24.3 Å². The van der Waals surface area contributed by atoms with Crippen molar-refractivity contribution in [2.75, 3.05) is 31.2 Å². The fourth-order valence-corrected chi connectivity index (χ4v) is 7.98. The fourth-order valence-electron chi connectivity index (χ4n) is 7.98. The van der Waals surface area contributed by atoms with Gasteiger partial charge >= 0.3 is 0 Å². The second-order valence-electron chi connectivity index (χ2n) is 14.2. The van der Waals surface area contributed by atoms with Crippen LogP contribution in [0.2, 0.25) is 0 Å². The lowest BCUT2D eigenvalue weighted by Gasteiger charge is -2.44. The summed E-state index contributed by atoms with van der Waals surface area (Å²) in [5.41, 5.74) is -2.13. The molecule has 248 valence electrons. The zero-order valence-corrected chi connectivity index (χ0v) is 28.4. The standard InChI is InChI=1S/C36H53N3O6/c1-11-19-37(25-15-17-26(18-16-25)44-14-4)31(41)28-29-32(42)39(27(22-40)23(5)13-3)30(33(43)38(20-12-2)34(7,8)9)36(29)21-24(6)35(28,10)45-36/h11-12,15-18,23-24,27-30,40H,1-2,13-14,19-22H2,3-10H3/t23-,24?,27-,28-,29-,30?,35+,36?/m0/s1. The summed E-state index contributed by atoms with van der Waals surface area (Å²) in [7, 11) is 0. The SMILES string of the molecule is C=CCN(C(=O)[C@@H]1[C@H]2C(=O)N([C@@H](CO)[C@@H](C)CC)C(C(=O)N(CC=C)C(C)(C)C)C23CC(C)[C@@]1(C)O3)c1ccc(OCC)cc1. The number of anilines is 1. The summed E-state index contributed by atoms with van der Waals surface area (Å²) in [4.78, 5) is 49.5. The van der Waals surface area contributed by atoms with Crippen LogP contribution in [0.25, 0.3) is 0 Å². The second-order valence-corrected chi connectivity index (χ2v) is 14.2. The molecule has 3 saturated heterocycles. The number of rotatable bonds is 13. The number of hydrogen-bond acceptors (Lipinski definition) is 6. The van der Waals surface area contributed by atoms with Gasteiger partial charge in [0.05, 0.1) is 36.7 Å². The Balaban J connectivity index is 1.88. The molecule has 0 aromatic heterocycles. The van der Waals surface area contributed by atoms with Crippen molar-refractivity contribution >= 4 is 23.4 Å². The van der Waals surface area contributed by atoms with Gasteiger partial charge in [-0.2, -0.15) is 0 Å². The Kier molecular flexibility index (Phi) is 9.96. The molecule has 1 aromatic carbocycles. The van der Waals surface area contributed by atoms with Crippen LogP contribution < -0.4 is 9.64 Å². The molecule has 8 atom stereocenters. The van der Waals surface area contributed by atoms with Gasteiger partial charge in [-0.25, -0.2) is 0 Å². The monoisotopic (exact) mass is 623 g/mol. The van der Waals surface area contributed by atoms with Crippen LogP contribution in [0.5, 0.6) is 5.75 Å². The van der Waals surface area contributed by atoms with Gasteiger partial charge in [-0.15, -0.1) is 13.2 Å². The Morgan fingerprint density at radius 2 is 1.78 bits per heavy atom. The van der Waals surface area contributed by atoms with E-state index in [-0.39, 0.29) is 49.3 Å². The van der Waals surface area contributed by atoms with Crippen molar-refractivity contribution in [1.82, 2.24) is 9.80 Å². The molecule has 0 radical (unpaired) electrons. The normalized spacial score (nSPS) is 30.1. The Hall–Kier alpha value is -3.17. The largest absolute Gasteiger partial charge is 0.494 e. The minimum Gasteiger partial charge on any atom is -0.494 e. The Bertz CT molecular complexity index is 1290. The van der Waals surface area contributed by atoms with E-state index in [4.69, 9.17) is 9.47 Å². The van der Waals surface area contributed by atoms with E-state index in [1.165, 1.54) is 0 Å². The number of aliphatic hydroxyl groups is 1. The van der Waals surface area contributed by atoms with Gasteiger partial charge < -0.3 is 29.3 Å². The van der Waals surface area contributed by atoms with E-state index in [2.05, 4.69) is 13.2 Å². The van der Waals surface area contributed by atoms with Crippen molar-refractivity contribution in [2.24, 2.45) is 23.7 Å². The third kappa shape index (κ3) is 5.60. The van der Waals surface area contributed by atoms with Gasteiger partial charge in [0.25, 0.3) is 0 Å².